The van der Waals surface area contributed by atoms with Crippen LogP contribution in [0.5, 0.6) is 0 Å². The molecule has 1 heterocycles. The molecule has 1 aliphatic rings. The van der Waals surface area contributed by atoms with Crippen molar-refractivity contribution in [2.24, 2.45) is 0 Å². The van der Waals surface area contributed by atoms with Crippen molar-refractivity contribution in [3.8, 4) is 0 Å². The van der Waals surface area contributed by atoms with E-state index in [9.17, 15) is 13.2 Å². The van der Waals surface area contributed by atoms with Gasteiger partial charge in [-0.3, -0.25) is 4.79 Å². The molecule has 1 aromatic rings. The molecule has 1 aromatic carbocycles. The highest BCUT2D eigenvalue weighted by Crippen LogP contribution is 2.32. The molecular formula is C12H15BrN2O3S. The van der Waals surface area contributed by atoms with Crippen molar-refractivity contribution in [1.29, 1.82) is 0 Å². The lowest BCUT2D eigenvalue weighted by atomic mass is 10.3. The summed E-state index contributed by atoms with van der Waals surface area (Å²) in [5.41, 5.74) is 0.722. The predicted molar refractivity (Wildman–Crippen MR) is 76.6 cm³/mol. The Hall–Kier alpha value is -0.920. The van der Waals surface area contributed by atoms with Crippen LogP contribution in [0.25, 0.3) is 0 Å². The van der Waals surface area contributed by atoms with E-state index >= 15 is 0 Å². The molecule has 1 amide bonds. The molecule has 1 saturated heterocycles. The summed E-state index contributed by atoms with van der Waals surface area (Å²) >= 11 is 3.35. The van der Waals surface area contributed by atoms with Crippen LogP contribution in [0.2, 0.25) is 0 Å². The Balaban J connectivity index is 2.40. The van der Waals surface area contributed by atoms with Crippen molar-refractivity contribution in [2.75, 3.05) is 25.5 Å². The minimum Gasteiger partial charge on any atom is -0.311 e. The zero-order chi connectivity index (χ0) is 14.2. The van der Waals surface area contributed by atoms with Gasteiger partial charge in [-0.1, -0.05) is 0 Å². The molecule has 0 saturated carbocycles. The largest absolute Gasteiger partial charge is 0.311 e. The molecule has 0 bridgehead atoms. The molecule has 1 aliphatic heterocycles. The van der Waals surface area contributed by atoms with E-state index in [-0.39, 0.29) is 10.8 Å². The van der Waals surface area contributed by atoms with Gasteiger partial charge in [0.1, 0.15) is 0 Å². The van der Waals surface area contributed by atoms with E-state index in [2.05, 4.69) is 15.9 Å². The quantitative estimate of drug-likeness (QED) is 0.838. The van der Waals surface area contributed by atoms with Crippen molar-refractivity contribution in [3.63, 3.8) is 0 Å². The first-order valence-corrected chi connectivity index (χ1v) is 8.10. The van der Waals surface area contributed by atoms with Crippen molar-refractivity contribution in [1.82, 2.24) is 4.31 Å². The van der Waals surface area contributed by atoms with E-state index in [1.165, 1.54) is 26.2 Å². The summed E-state index contributed by atoms with van der Waals surface area (Å²) in [5, 5.41) is 0. The van der Waals surface area contributed by atoms with Crippen LogP contribution < -0.4 is 4.90 Å². The van der Waals surface area contributed by atoms with Crippen LogP contribution in [0.3, 0.4) is 0 Å². The number of carbonyl (C=O) groups is 1. The van der Waals surface area contributed by atoms with E-state index in [1.807, 2.05) is 0 Å². The molecule has 0 aliphatic carbocycles. The highest BCUT2D eigenvalue weighted by Gasteiger charge is 2.25. The minimum absolute atomic E-state index is 0.0731. The van der Waals surface area contributed by atoms with Crippen LogP contribution in [-0.4, -0.2) is 39.3 Å². The zero-order valence-electron chi connectivity index (χ0n) is 10.8. The maximum Gasteiger partial charge on any atom is 0.242 e. The molecule has 0 N–H and O–H groups in total. The fraction of sp³-hybridized carbons (Fsp3) is 0.417. The third-order valence-electron chi connectivity index (χ3n) is 3.06. The molecule has 1 fully saturated rings. The smallest absolute Gasteiger partial charge is 0.242 e. The lowest BCUT2D eigenvalue weighted by molar-refractivity contribution is -0.117. The van der Waals surface area contributed by atoms with Gasteiger partial charge in [0, 0.05) is 31.5 Å². The molecule has 104 valence electrons. The lowest BCUT2D eigenvalue weighted by Crippen LogP contribution is -2.25. The van der Waals surface area contributed by atoms with Gasteiger partial charge in [-0.05, 0) is 40.5 Å². The molecule has 0 atom stereocenters. The summed E-state index contributed by atoms with van der Waals surface area (Å²) in [6, 6.07) is 4.74. The number of nitrogens with zero attached hydrogens (tertiary/aromatic N) is 2. The van der Waals surface area contributed by atoms with Gasteiger partial charge in [0.25, 0.3) is 0 Å². The molecule has 0 aromatic heterocycles. The SMILES string of the molecule is CN(C)S(=O)(=O)c1ccc(N2CCCC2=O)c(Br)c1. The summed E-state index contributed by atoms with van der Waals surface area (Å²) in [4.78, 5) is 13.6. The van der Waals surface area contributed by atoms with E-state index in [4.69, 9.17) is 0 Å². The monoisotopic (exact) mass is 346 g/mol. The maximum atomic E-state index is 12.0. The topological polar surface area (TPSA) is 57.7 Å². The van der Waals surface area contributed by atoms with Crippen molar-refractivity contribution in [3.05, 3.63) is 22.7 Å². The van der Waals surface area contributed by atoms with E-state index in [1.54, 1.807) is 11.0 Å². The number of amides is 1. The molecule has 2 rings (SSSR count). The van der Waals surface area contributed by atoms with Crippen LogP contribution in [0.4, 0.5) is 5.69 Å². The number of hydrogen-bond donors (Lipinski definition) is 0. The van der Waals surface area contributed by atoms with Gasteiger partial charge in [-0.25, -0.2) is 12.7 Å². The normalized spacial score (nSPS) is 16.4. The summed E-state index contributed by atoms with van der Waals surface area (Å²) in [6.45, 7) is 0.678. The van der Waals surface area contributed by atoms with E-state index in [0.29, 0.717) is 17.4 Å². The average molecular weight is 347 g/mol. The number of rotatable bonds is 3. The Morgan fingerprint density at radius 1 is 1.32 bits per heavy atom. The Morgan fingerprint density at radius 3 is 2.47 bits per heavy atom. The number of hydrogen-bond acceptors (Lipinski definition) is 3. The van der Waals surface area contributed by atoms with Gasteiger partial charge in [-0.2, -0.15) is 0 Å². The van der Waals surface area contributed by atoms with Gasteiger partial charge in [0.15, 0.2) is 0 Å². The average Bonchev–Trinajstić information content (AvgIpc) is 2.75. The molecule has 0 unspecified atom stereocenters. The molecule has 0 radical (unpaired) electrons. The van der Waals surface area contributed by atoms with Crippen molar-refractivity contribution >= 4 is 37.5 Å². The highest BCUT2D eigenvalue weighted by atomic mass is 79.9. The van der Waals surface area contributed by atoms with Gasteiger partial charge in [-0.15, -0.1) is 0 Å². The second-order valence-corrected chi connectivity index (χ2v) is 7.56. The zero-order valence-corrected chi connectivity index (χ0v) is 13.2. The number of anilines is 1. The Kier molecular flexibility index (Phi) is 3.98. The Morgan fingerprint density at radius 2 is 2.00 bits per heavy atom. The van der Waals surface area contributed by atoms with Gasteiger partial charge in [0.05, 0.1) is 10.6 Å². The standard InChI is InChI=1S/C12H15BrN2O3S/c1-14(2)19(17,18)9-5-6-11(10(13)8-9)15-7-3-4-12(15)16/h5-6,8H,3-4,7H2,1-2H3. The summed E-state index contributed by atoms with van der Waals surface area (Å²) in [6.07, 6.45) is 1.38. The fourth-order valence-corrected chi connectivity index (χ4v) is 3.65. The molecular weight excluding hydrogens is 332 g/mol. The highest BCUT2D eigenvalue weighted by molar-refractivity contribution is 9.10. The lowest BCUT2D eigenvalue weighted by Gasteiger charge is -2.19. The molecule has 19 heavy (non-hydrogen) atoms. The summed E-state index contributed by atoms with van der Waals surface area (Å²) in [5.74, 6) is 0.0731. The van der Waals surface area contributed by atoms with E-state index < -0.39 is 10.0 Å². The summed E-state index contributed by atoms with van der Waals surface area (Å²) < 4.78 is 25.8. The first-order chi connectivity index (χ1) is 8.84. The second kappa shape index (κ2) is 5.22. The molecule has 7 heteroatoms. The van der Waals surface area contributed by atoms with E-state index in [0.717, 1.165) is 16.4 Å². The third kappa shape index (κ3) is 2.68. The fourth-order valence-electron chi connectivity index (χ4n) is 1.98. The first kappa shape index (κ1) is 14.5. The Labute approximate surface area is 121 Å². The van der Waals surface area contributed by atoms with Crippen molar-refractivity contribution < 1.29 is 13.2 Å². The van der Waals surface area contributed by atoms with Crippen LogP contribution in [0, 0.1) is 0 Å². The maximum absolute atomic E-state index is 12.0. The Bertz CT molecular complexity index is 613. The first-order valence-electron chi connectivity index (χ1n) is 5.86. The van der Waals surface area contributed by atoms with Crippen LogP contribution >= 0.6 is 15.9 Å². The molecule has 5 nitrogen and oxygen atoms in total. The number of carbonyl (C=O) groups excluding carboxylic acids is 1. The van der Waals surface area contributed by atoms with Gasteiger partial charge in [0.2, 0.25) is 15.9 Å². The predicted octanol–water partition coefficient (Wildman–Crippen LogP) is 1.83. The number of benzene rings is 1. The number of sulfonamides is 1. The van der Waals surface area contributed by atoms with Gasteiger partial charge < -0.3 is 4.90 Å². The number of halogens is 1. The second-order valence-electron chi connectivity index (χ2n) is 4.55. The summed E-state index contributed by atoms with van der Waals surface area (Å²) in [7, 11) is -0.479. The third-order valence-corrected chi connectivity index (χ3v) is 5.51. The van der Waals surface area contributed by atoms with Gasteiger partial charge >= 0.3 is 0 Å². The minimum atomic E-state index is -3.45. The van der Waals surface area contributed by atoms with Crippen LogP contribution in [0.1, 0.15) is 12.8 Å². The molecule has 0 spiro atoms. The van der Waals surface area contributed by atoms with Crippen LogP contribution in [-0.2, 0) is 14.8 Å². The van der Waals surface area contributed by atoms with Crippen molar-refractivity contribution in [2.45, 2.75) is 17.7 Å². The van der Waals surface area contributed by atoms with Crippen LogP contribution in [0.15, 0.2) is 27.6 Å².